The van der Waals surface area contributed by atoms with Crippen molar-refractivity contribution in [1.29, 1.82) is 0 Å². The molecule has 0 aliphatic heterocycles. The van der Waals surface area contributed by atoms with Gasteiger partial charge in [0.1, 0.15) is 0 Å². The highest BCUT2D eigenvalue weighted by Crippen LogP contribution is 2.27. The fourth-order valence-corrected chi connectivity index (χ4v) is 0.483. The van der Waals surface area contributed by atoms with E-state index in [1.54, 1.807) is 0 Å². The van der Waals surface area contributed by atoms with Crippen molar-refractivity contribution >= 4 is 0 Å². The SMILES string of the molecule is C[C@@H](O)CC(F)(F)C(F)F. The van der Waals surface area contributed by atoms with Gasteiger partial charge in [0.15, 0.2) is 0 Å². The monoisotopic (exact) mass is 160 g/mol. The molecule has 0 aromatic heterocycles. The van der Waals surface area contributed by atoms with Crippen LogP contribution in [-0.4, -0.2) is 23.6 Å². The summed E-state index contributed by atoms with van der Waals surface area (Å²) in [6.07, 6.45) is -6.28. The highest BCUT2D eigenvalue weighted by Gasteiger charge is 2.41. The second-order valence-electron chi connectivity index (χ2n) is 2.11. The van der Waals surface area contributed by atoms with Crippen molar-refractivity contribution in [2.45, 2.75) is 31.8 Å². The molecule has 0 bridgehead atoms. The molecule has 0 radical (unpaired) electrons. The summed E-state index contributed by atoms with van der Waals surface area (Å²) < 4.78 is 46.4. The van der Waals surface area contributed by atoms with E-state index >= 15 is 0 Å². The summed E-state index contributed by atoms with van der Waals surface area (Å²) in [6.45, 7) is 1.04. The first-order valence-corrected chi connectivity index (χ1v) is 2.70. The third-order valence-electron chi connectivity index (χ3n) is 0.887. The lowest BCUT2D eigenvalue weighted by molar-refractivity contribution is -0.146. The molecule has 0 saturated heterocycles. The van der Waals surface area contributed by atoms with E-state index in [-0.39, 0.29) is 0 Å². The Labute approximate surface area is 55.7 Å². The van der Waals surface area contributed by atoms with Crippen molar-refractivity contribution in [3.05, 3.63) is 0 Å². The van der Waals surface area contributed by atoms with Crippen molar-refractivity contribution in [2.75, 3.05) is 0 Å². The summed E-state index contributed by atoms with van der Waals surface area (Å²) in [7, 11) is 0. The second kappa shape index (κ2) is 3.18. The molecule has 1 atom stereocenters. The number of rotatable bonds is 3. The lowest BCUT2D eigenvalue weighted by atomic mass is 10.2. The molecule has 0 fully saturated rings. The van der Waals surface area contributed by atoms with Gasteiger partial charge in [-0.15, -0.1) is 0 Å². The summed E-state index contributed by atoms with van der Waals surface area (Å²) in [6, 6.07) is 0. The fraction of sp³-hybridized carbons (Fsp3) is 1.00. The predicted molar refractivity (Wildman–Crippen MR) is 27.2 cm³/mol. The van der Waals surface area contributed by atoms with Crippen LogP contribution in [0.3, 0.4) is 0 Å². The first kappa shape index (κ1) is 9.68. The molecule has 0 saturated carbocycles. The number of aliphatic hydroxyl groups excluding tert-OH is 1. The maximum Gasteiger partial charge on any atom is 0.309 e. The van der Waals surface area contributed by atoms with Gasteiger partial charge in [-0.1, -0.05) is 0 Å². The molecular weight excluding hydrogens is 152 g/mol. The maximum atomic E-state index is 11.9. The third-order valence-corrected chi connectivity index (χ3v) is 0.887. The van der Waals surface area contributed by atoms with Gasteiger partial charge in [-0.2, -0.15) is 0 Å². The zero-order chi connectivity index (χ0) is 8.36. The average Bonchev–Trinajstić information content (AvgIpc) is 1.60. The van der Waals surface area contributed by atoms with E-state index in [2.05, 4.69) is 0 Å². The fourth-order valence-electron chi connectivity index (χ4n) is 0.483. The Hall–Kier alpha value is -0.320. The molecular formula is C5H8F4O. The summed E-state index contributed by atoms with van der Waals surface area (Å²) in [4.78, 5) is 0. The second-order valence-corrected chi connectivity index (χ2v) is 2.11. The van der Waals surface area contributed by atoms with Crippen molar-refractivity contribution in [1.82, 2.24) is 0 Å². The molecule has 0 aromatic carbocycles. The van der Waals surface area contributed by atoms with Crippen LogP contribution in [0, 0.1) is 0 Å². The molecule has 1 N–H and O–H groups in total. The van der Waals surface area contributed by atoms with Crippen LogP contribution in [0.1, 0.15) is 13.3 Å². The van der Waals surface area contributed by atoms with E-state index in [1.165, 1.54) is 0 Å². The van der Waals surface area contributed by atoms with Crippen LogP contribution >= 0.6 is 0 Å². The van der Waals surface area contributed by atoms with E-state index in [9.17, 15) is 17.6 Å². The van der Waals surface area contributed by atoms with Crippen LogP contribution in [0.4, 0.5) is 17.6 Å². The van der Waals surface area contributed by atoms with Gasteiger partial charge < -0.3 is 5.11 Å². The van der Waals surface area contributed by atoms with Gasteiger partial charge in [0.05, 0.1) is 6.10 Å². The Bertz CT molecular complexity index is 102. The van der Waals surface area contributed by atoms with Gasteiger partial charge in [-0.05, 0) is 6.92 Å². The number of hydrogen-bond acceptors (Lipinski definition) is 1. The van der Waals surface area contributed by atoms with E-state index in [0.29, 0.717) is 0 Å². The van der Waals surface area contributed by atoms with Crippen LogP contribution in [-0.2, 0) is 0 Å². The van der Waals surface area contributed by atoms with E-state index in [1.807, 2.05) is 0 Å². The number of hydrogen-bond donors (Lipinski definition) is 1. The Kier molecular flexibility index (Phi) is 3.08. The molecule has 0 rings (SSSR count). The lowest BCUT2D eigenvalue weighted by Gasteiger charge is -2.15. The minimum Gasteiger partial charge on any atom is -0.393 e. The van der Waals surface area contributed by atoms with E-state index < -0.39 is 24.9 Å². The normalized spacial score (nSPS) is 15.9. The molecule has 5 heteroatoms. The molecule has 1 nitrogen and oxygen atoms in total. The first-order chi connectivity index (χ1) is 4.36. The Morgan fingerprint density at radius 3 is 1.90 bits per heavy atom. The minimum atomic E-state index is -4.06. The molecule has 62 valence electrons. The van der Waals surface area contributed by atoms with Gasteiger partial charge in [-0.25, -0.2) is 17.6 Å². The van der Waals surface area contributed by atoms with Crippen LogP contribution in [0.15, 0.2) is 0 Å². The van der Waals surface area contributed by atoms with Crippen LogP contribution < -0.4 is 0 Å². The summed E-state index contributed by atoms with van der Waals surface area (Å²) in [5, 5.41) is 8.32. The van der Waals surface area contributed by atoms with E-state index in [0.717, 1.165) is 6.92 Å². The quantitative estimate of drug-likeness (QED) is 0.622. The highest BCUT2D eigenvalue weighted by atomic mass is 19.3. The van der Waals surface area contributed by atoms with Gasteiger partial charge in [0, 0.05) is 6.42 Å². The zero-order valence-corrected chi connectivity index (χ0v) is 5.32. The van der Waals surface area contributed by atoms with Gasteiger partial charge in [-0.3, -0.25) is 0 Å². The average molecular weight is 160 g/mol. The molecule has 0 unspecified atom stereocenters. The summed E-state index contributed by atoms with van der Waals surface area (Å²) in [5.74, 6) is -4.06. The van der Waals surface area contributed by atoms with E-state index in [4.69, 9.17) is 5.11 Å². The van der Waals surface area contributed by atoms with Crippen molar-refractivity contribution < 1.29 is 22.7 Å². The molecule has 10 heavy (non-hydrogen) atoms. The van der Waals surface area contributed by atoms with Gasteiger partial charge in [0.25, 0.3) is 0 Å². The number of aliphatic hydroxyl groups is 1. The molecule has 0 aromatic rings. The third kappa shape index (κ3) is 3.00. The van der Waals surface area contributed by atoms with Crippen molar-refractivity contribution in [3.8, 4) is 0 Å². The predicted octanol–water partition coefficient (Wildman–Crippen LogP) is 1.66. The largest absolute Gasteiger partial charge is 0.393 e. The molecule has 0 spiro atoms. The molecule has 0 amide bonds. The Morgan fingerprint density at radius 2 is 1.80 bits per heavy atom. The zero-order valence-electron chi connectivity index (χ0n) is 5.32. The number of alkyl halides is 4. The molecule has 0 aliphatic carbocycles. The standard InChI is InChI=1S/C5H8F4O/c1-3(10)2-5(8,9)4(6)7/h3-4,10H,2H2,1H3/t3-/m1/s1. The summed E-state index contributed by atoms with van der Waals surface area (Å²) >= 11 is 0. The lowest BCUT2D eigenvalue weighted by Crippen LogP contribution is -2.30. The highest BCUT2D eigenvalue weighted by molar-refractivity contribution is 4.71. The van der Waals surface area contributed by atoms with Gasteiger partial charge in [0.2, 0.25) is 0 Å². The first-order valence-electron chi connectivity index (χ1n) is 2.70. The maximum absolute atomic E-state index is 11.9. The Morgan fingerprint density at radius 1 is 1.40 bits per heavy atom. The van der Waals surface area contributed by atoms with Gasteiger partial charge >= 0.3 is 12.3 Å². The number of halogens is 4. The molecule has 0 heterocycles. The minimum absolute atomic E-state index is 1.04. The topological polar surface area (TPSA) is 20.2 Å². The van der Waals surface area contributed by atoms with Crippen LogP contribution in [0.25, 0.3) is 0 Å². The Balaban J connectivity index is 3.87. The smallest absolute Gasteiger partial charge is 0.309 e. The van der Waals surface area contributed by atoms with Crippen molar-refractivity contribution in [3.63, 3.8) is 0 Å². The summed E-state index contributed by atoms with van der Waals surface area (Å²) in [5.41, 5.74) is 0. The molecule has 0 aliphatic rings. The van der Waals surface area contributed by atoms with Crippen LogP contribution in [0.5, 0.6) is 0 Å². The van der Waals surface area contributed by atoms with Crippen molar-refractivity contribution in [2.24, 2.45) is 0 Å². The van der Waals surface area contributed by atoms with Crippen LogP contribution in [0.2, 0.25) is 0 Å².